The van der Waals surface area contributed by atoms with Crippen molar-refractivity contribution in [3.8, 4) is 0 Å². The van der Waals surface area contributed by atoms with Gasteiger partial charge in [-0.3, -0.25) is 9.58 Å². The molecule has 0 spiro atoms. The predicted molar refractivity (Wildman–Crippen MR) is 88.4 cm³/mol. The summed E-state index contributed by atoms with van der Waals surface area (Å²) in [4.78, 5) is 2.70. The molecule has 1 aliphatic heterocycles. The van der Waals surface area contributed by atoms with Crippen molar-refractivity contribution in [2.45, 2.75) is 58.5 Å². The molecule has 2 atom stereocenters. The van der Waals surface area contributed by atoms with Crippen LogP contribution in [0.3, 0.4) is 0 Å². The van der Waals surface area contributed by atoms with Gasteiger partial charge in [0.05, 0.1) is 0 Å². The molecule has 120 valence electrons. The molecule has 2 rings (SSSR count). The quantitative estimate of drug-likeness (QED) is 0.874. The van der Waals surface area contributed by atoms with Gasteiger partial charge in [0.25, 0.3) is 0 Å². The van der Waals surface area contributed by atoms with Gasteiger partial charge in [0.15, 0.2) is 0 Å². The van der Waals surface area contributed by atoms with Gasteiger partial charge in [0.2, 0.25) is 0 Å². The van der Waals surface area contributed by atoms with E-state index in [0.29, 0.717) is 6.04 Å². The summed E-state index contributed by atoms with van der Waals surface area (Å²) in [6.07, 6.45) is 5.45. The zero-order valence-corrected chi connectivity index (χ0v) is 14.4. The molecule has 21 heavy (non-hydrogen) atoms. The van der Waals surface area contributed by atoms with E-state index in [9.17, 15) is 0 Å². The first-order valence-electron chi connectivity index (χ1n) is 8.39. The summed E-state index contributed by atoms with van der Waals surface area (Å²) in [6.45, 7) is 12.7. The van der Waals surface area contributed by atoms with E-state index in [1.54, 1.807) is 0 Å². The number of hydrogen-bond donors (Lipinski definition) is 1. The molecule has 2 heterocycles. The zero-order chi connectivity index (χ0) is 15.5. The number of aryl methyl sites for hydroxylation is 1. The van der Waals surface area contributed by atoms with E-state index in [-0.39, 0.29) is 5.54 Å². The van der Waals surface area contributed by atoms with Gasteiger partial charge in [0, 0.05) is 56.6 Å². The van der Waals surface area contributed by atoms with Crippen LogP contribution >= 0.6 is 0 Å². The Kier molecular flexibility index (Phi) is 5.44. The molecule has 4 heteroatoms. The van der Waals surface area contributed by atoms with Crippen molar-refractivity contribution in [2.24, 2.45) is 13.0 Å². The maximum atomic E-state index is 4.28. The summed E-state index contributed by atoms with van der Waals surface area (Å²) in [7, 11) is 2.04. The van der Waals surface area contributed by atoms with Crippen molar-refractivity contribution >= 4 is 0 Å². The van der Waals surface area contributed by atoms with Gasteiger partial charge in [-0.1, -0.05) is 20.8 Å². The second-order valence-electron chi connectivity index (χ2n) is 7.25. The summed E-state index contributed by atoms with van der Waals surface area (Å²) >= 11 is 0. The molecule has 1 aliphatic rings. The Bertz CT molecular complexity index is 440. The molecule has 0 amide bonds. The largest absolute Gasteiger partial charge is 0.309 e. The summed E-state index contributed by atoms with van der Waals surface area (Å²) in [5.74, 6) is 0.752. The SMILES string of the molecule is CCC1(C)CN(CCc2ccnn2C)C(CC(C)C)CN1. The number of aromatic nitrogens is 2. The Morgan fingerprint density at radius 2 is 2.24 bits per heavy atom. The third-order valence-electron chi connectivity index (χ3n) is 4.93. The summed E-state index contributed by atoms with van der Waals surface area (Å²) in [6, 6.07) is 2.80. The van der Waals surface area contributed by atoms with Gasteiger partial charge >= 0.3 is 0 Å². The Morgan fingerprint density at radius 3 is 2.81 bits per heavy atom. The van der Waals surface area contributed by atoms with Gasteiger partial charge in [-0.15, -0.1) is 0 Å². The first kappa shape index (κ1) is 16.5. The molecule has 1 N–H and O–H groups in total. The first-order valence-corrected chi connectivity index (χ1v) is 8.39. The highest BCUT2D eigenvalue weighted by atomic mass is 15.3. The molecule has 0 saturated carbocycles. The highest BCUT2D eigenvalue weighted by Gasteiger charge is 2.34. The van der Waals surface area contributed by atoms with Crippen molar-refractivity contribution < 1.29 is 0 Å². The topological polar surface area (TPSA) is 33.1 Å². The lowest BCUT2D eigenvalue weighted by Gasteiger charge is -2.46. The second kappa shape index (κ2) is 6.93. The maximum Gasteiger partial charge on any atom is 0.0492 e. The maximum absolute atomic E-state index is 4.28. The number of nitrogens with one attached hydrogen (secondary N) is 1. The third-order valence-corrected chi connectivity index (χ3v) is 4.93. The highest BCUT2D eigenvalue weighted by molar-refractivity contribution is 5.02. The van der Waals surface area contributed by atoms with E-state index in [4.69, 9.17) is 0 Å². The molecule has 2 unspecified atom stereocenters. The second-order valence-corrected chi connectivity index (χ2v) is 7.25. The van der Waals surface area contributed by atoms with E-state index < -0.39 is 0 Å². The Labute approximate surface area is 129 Å². The molecule has 1 aromatic heterocycles. The van der Waals surface area contributed by atoms with E-state index >= 15 is 0 Å². The number of hydrogen-bond acceptors (Lipinski definition) is 3. The first-order chi connectivity index (χ1) is 9.93. The average molecular weight is 292 g/mol. The molecule has 0 aromatic carbocycles. The Hall–Kier alpha value is -0.870. The fraction of sp³-hybridized carbons (Fsp3) is 0.824. The molecular formula is C17H32N4. The van der Waals surface area contributed by atoms with E-state index in [1.807, 2.05) is 17.9 Å². The van der Waals surface area contributed by atoms with Crippen LogP contribution in [0.4, 0.5) is 0 Å². The van der Waals surface area contributed by atoms with Crippen LogP contribution in [-0.2, 0) is 13.5 Å². The molecule has 0 bridgehead atoms. The lowest BCUT2D eigenvalue weighted by molar-refractivity contribution is 0.0735. The van der Waals surface area contributed by atoms with Crippen LogP contribution in [0, 0.1) is 5.92 Å². The van der Waals surface area contributed by atoms with Gasteiger partial charge < -0.3 is 5.32 Å². The minimum Gasteiger partial charge on any atom is -0.309 e. The van der Waals surface area contributed by atoms with Crippen LogP contribution < -0.4 is 5.32 Å². The molecule has 4 nitrogen and oxygen atoms in total. The van der Waals surface area contributed by atoms with Crippen LogP contribution in [0.1, 0.15) is 46.2 Å². The number of rotatable bonds is 6. The smallest absolute Gasteiger partial charge is 0.0492 e. The van der Waals surface area contributed by atoms with Crippen LogP contribution in [0.2, 0.25) is 0 Å². The average Bonchev–Trinajstić information content (AvgIpc) is 2.84. The molecular weight excluding hydrogens is 260 g/mol. The summed E-state index contributed by atoms with van der Waals surface area (Å²) in [5.41, 5.74) is 1.59. The predicted octanol–water partition coefficient (Wildman–Crippen LogP) is 2.45. The molecule has 0 aliphatic carbocycles. The number of piperazine rings is 1. The summed E-state index contributed by atoms with van der Waals surface area (Å²) in [5, 5.41) is 8.05. The molecule has 1 saturated heterocycles. The van der Waals surface area contributed by atoms with Gasteiger partial charge in [-0.2, -0.15) is 5.10 Å². The molecule has 1 fully saturated rings. The van der Waals surface area contributed by atoms with Gasteiger partial charge in [-0.05, 0) is 31.7 Å². The summed E-state index contributed by atoms with van der Waals surface area (Å²) < 4.78 is 2.00. The standard InChI is InChI=1S/C17H32N4/c1-6-17(4)13-21(16(12-18-17)11-14(2)3)10-8-15-7-9-19-20(15)5/h7,9,14,16,18H,6,8,10-13H2,1-5H3. The number of nitrogens with zero attached hydrogens (tertiary/aromatic N) is 3. The van der Waals surface area contributed by atoms with Crippen LogP contribution in [-0.4, -0.2) is 45.9 Å². The van der Waals surface area contributed by atoms with Crippen molar-refractivity contribution in [2.75, 3.05) is 19.6 Å². The van der Waals surface area contributed by atoms with Crippen molar-refractivity contribution in [1.29, 1.82) is 0 Å². The van der Waals surface area contributed by atoms with Gasteiger partial charge in [-0.25, -0.2) is 0 Å². The van der Waals surface area contributed by atoms with Crippen molar-refractivity contribution in [3.05, 3.63) is 18.0 Å². The van der Waals surface area contributed by atoms with Crippen molar-refractivity contribution in [1.82, 2.24) is 20.0 Å². The van der Waals surface area contributed by atoms with Crippen LogP contribution in [0.5, 0.6) is 0 Å². The zero-order valence-electron chi connectivity index (χ0n) is 14.4. The Morgan fingerprint density at radius 1 is 1.48 bits per heavy atom. The minimum absolute atomic E-state index is 0.264. The van der Waals surface area contributed by atoms with E-state index in [1.165, 1.54) is 18.5 Å². The third kappa shape index (κ3) is 4.30. The fourth-order valence-electron chi connectivity index (χ4n) is 3.31. The lowest BCUT2D eigenvalue weighted by Crippen LogP contribution is -2.63. The van der Waals surface area contributed by atoms with Gasteiger partial charge in [0.1, 0.15) is 0 Å². The van der Waals surface area contributed by atoms with E-state index in [0.717, 1.165) is 32.0 Å². The normalized spacial score (nSPS) is 27.4. The Balaban J connectivity index is 2.00. The van der Waals surface area contributed by atoms with Crippen molar-refractivity contribution in [3.63, 3.8) is 0 Å². The molecule has 0 radical (unpaired) electrons. The lowest BCUT2D eigenvalue weighted by atomic mass is 9.90. The van der Waals surface area contributed by atoms with Crippen LogP contribution in [0.25, 0.3) is 0 Å². The highest BCUT2D eigenvalue weighted by Crippen LogP contribution is 2.22. The minimum atomic E-state index is 0.264. The molecule has 1 aromatic rings. The van der Waals surface area contributed by atoms with Crippen LogP contribution in [0.15, 0.2) is 12.3 Å². The van der Waals surface area contributed by atoms with E-state index in [2.05, 4.69) is 49.1 Å². The monoisotopic (exact) mass is 292 g/mol. The fourth-order valence-corrected chi connectivity index (χ4v) is 3.31.